The molecule has 0 bridgehead atoms. The van der Waals surface area contributed by atoms with Gasteiger partial charge in [-0.2, -0.15) is 5.10 Å². The number of nitrogens with one attached hydrogen (secondary N) is 2. The summed E-state index contributed by atoms with van der Waals surface area (Å²) in [6.07, 6.45) is 4.89. The Balaban J connectivity index is -0.0000000711. The molecule has 0 radical (unpaired) electrons. The van der Waals surface area contributed by atoms with Gasteiger partial charge in [0.05, 0.1) is 6.20 Å². The molecule has 0 spiro atoms. The van der Waals surface area contributed by atoms with E-state index in [0.717, 1.165) is 6.42 Å². The van der Waals surface area contributed by atoms with E-state index in [1.54, 1.807) is 0 Å². The average Bonchev–Trinajstić information content (AvgIpc) is 3.72. The van der Waals surface area contributed by atoms with Crippen molar-refractivity contribution < 1.29 is 177 Å². The maximum atomic E-state index is 10.1. The fraction of sp³-hybridized carbons (Fsp3) is 0.167. The van der Waals surface area contributed by atoms with Crippen molar-refractivity contribution in [1.82, 2.24) is 10.1 Å². The molecule has 69 heavy (non-hydrogen) atoms. The van der Waals surface area contributed by atoms with Gasteiger partial charge in [-0.05, 0) is 18.1 Å². The zero-order valence-corrected chi connectivity index (χ0v) is 34.6. The minimum absolute atomic E-state index is 1.07. The van der Waals surface area contributed by atoms with E-state index in [4.69, 9.17) is 121 Å². The number of nitrogens with zero attached hydrogens (tertiary/aromatic N) is 1. The Morgan fingerprint density at radius 2 is 0.667 bits per heavy atom. The number of aromatic nitrogens is 3. The number of para-hydroxylation sites is 2. The minimum Gasteiger partial charge on any atom is -0.828 e. The highest BCUT2D eigenvalue weighted by molar-refractivity contribution is 6.34. The summed E-state index contributed by atoms with van der Waals surface area (Å²) in [4.78, 5) is 3.50. The molecule has 0 unspecified atom stereocenters. The van der Waals surface area contributed by atoms with Gasteiger partial charge in [-0.1, -0.05) is 43.3 Å². The number of hydrogen-bond acceptors (Lipinski definition) is 24. The molecule has 0 atom stereocenters. The molecule has 0 amide bonds. The first-order valence-corrected chi connectivity index (χ1v) is 16.1. The fourth-order valence-electron chi connectivity index (χ4n) is 2.60. The summed E-state index contributed by atoms with van der Waals surface area (Å²) in [6.45, 7) is 2.19. The van der Waals surface area contributed by atoms with Crippen molar-refractivity contribution in [2.45, 2.75) is 13.3 Å². The summed E-state index contributed by atoms with van der Waals surface area (Å²) in [5.74, 6) is 0. The quantitative estimate of drug-likeness (QED) is 0.0478. The van der Waals surface area contributed by atoms with E-state index in [1.165, 1.54) is 27.4 Å². The lowest BCUT2D eigenvalue weighted by Crippen LogP contribution is -2.27. The number of aromatic amines is 2. The first-order chi connectivity index (χ1) is 31.1. The topological polar surface area (TPSA) is 524 Å². The maximum absolute atomic E-state index is 10.1. The second-order valence-electron chi connectivity index (χ2n) is 8.82. The predicted octanol–water partition coefficient (Wildman–Crippen LogP) is -9.80. The smallest absolute Gasteiger partial charge is 0.674 e. The van der Waals surface area contributed by atoms with Gasteiger partial charge in [0, 0.05) is 27.9 Å². The zero-order valence-electron chi connectivity index (χ0n) is 34.6. The molecule has 4 rings (SSSR count). The minimum atomic E-state index is -2.92. The molecule has 27 nitrogen and oxygen atoms in total. The SMILES string of the molecule is CCc1cccc2c1[nH]c1ccccc12.C[n+]1ccc[nH]1.OB(O)F.OB(O)F.OB(O)F.OB(O)F.OB(O)F.OB(O)F.OB(O)F.OB(O)F.OB(O)F.OB(O)F.OB(O)F.[O-]B(O)F. The Hall–Kier alpha value is -3.57. The van der Waals surface area contributed by atoms with E-state index in [0.29, 0.717) is 0 Å². The molecule has 2 aromatic heterocycles. The van der Waals surface area contributed by atoms with Gasteiger partial charge in [-0.15, -0.1) is 4.68 Å². The summed E-state index contributed by atoms with van der Waals surface area (Å²) >= 11 is 0. The number of rotatable bonds is 1. The normalized spacial score (nSPS) is 7.91. The third-order valence-electron chi connectivity index (χ3n) is 3.69. The van der Waals surface area contributed by atoms with Gasteiger partial charge >= 0.3 is 88.7 Å². The third-order valence-corrected chi connectivity index (χ3v) is 3.69. The van der Waals surface area contributed by atoms with Crippen molar-refractivity contribution in [2.24, 2.45) is 7.05 Å². The molecule has 2 aromatic carbocycles. The standard InChI is InChI=1S/C14H13N.C4H6N2.11BFH2O2.BFHO2/c1-2-10-6-5-8-12-11-7-3-4-9-13(11)15-14(10)12;1-6-4-2-3-5-6;12*2-1(3)4/h3-9,15H,2H2,1H3;2-4H,1H3;11*3-4H;3H/q;;;;;;;;;;;;;-1/p+1. The molecule has 25 N–H and O–H groups in total. The highest BCUT2D eigenvalue weighted by atomic mass is 19.1. The van der Waals surface area contributed by atoms with Crippen LogP contribution < -0.4 is 9.71 Å². The van der Waals surface area contributed by atoms with E-state index >= 15 is 0 Å². The Bertz CT molecular complexity index is 1360. The molecule has 4 aromatic rings. The van der Waals surface area contributed by atoms with Gasteiger partial charge in [-0.3, -0.25) is 47.5 Å². The largest absolute Gasteiger partial charge is 0.828 e. The molecule has 0 fully saturated rings. The molecule has 51 heteroatoms. The van der Waals surface area contributed by atoms with Gasteiger partial charge in [0.2, 0.25) is 0 Å². The van der Waals surface area contributed by atoms with E-state index in [9.17, 15) is 51.8 Å². The molecule has 394 valence electrons. The number of H-pyrrole nitrogens is 2. The van der Waals surface area contributed by atoms with Crippen LogP contribution in [0.5, 0.6) is 0 Å². The van der Waals surface area contributed by atoms with Gasteiger partial charge in [0.1, 0.15) is 0 Å². The van der Waals surface area contributed by atoms with E-state index in [1.807, 2.05) is 30.2 Å². The van der Waals surface area contributed by atoms with Crippen LogP contribution in [0.25, 0.3) is 21.8 Å². The van der Waals surface area contributed by atoms with E-state index in [-0.39, 0.29) is 0 Å². The number of hydrogen-bond donors (Lipinski definition) is 25. The van der Waals surface area contributed by atoms with Crippen LogP contribution in [0.15, 0.2) is 60.9 Å². The second-order valence-corrected chi connectivity index (χ2v) is 8.82. The van der Waals surface area contributed by atoms with Crippen LogP contribution in [0.2, 0.25) is 0 Å². The van der Waals surface area contributed by atoms with Crippen molar-refractivity contribution in [3.05, 3.63) is 66.5 Å². The van der Waals surface area contributed by atoms with Gasteiger partial charge < -0.3 is 130 Å². The van der Waals surface area contributed by atoms with Crippen molar-refractivity contribution in [2.75, 3.05) is 0 Å². The summed E-state index contributed by atoms with van der Waals surface area (Å²) in [5.41, 5.74) is 3.92. The monoisotopic (exact) mass is 1050 g/mol. The van der Waals surface area contributed by atoms with Crippen LogP contribution in [0, 0.1) is 0 Å². The Morgan fingerprint density at radius 1 is 0.420 bits per heavy atom. The average molecular weight is 1040 g/mol. The summed E-state index contributed by atoms with van der Waals surface area (Å²) in [7, 11) is -30.3. The molecule has 0 saturated carbocycles. The van der Waals surface area contributed by atoms with Crippen LogP contribution in [-0.4, -0.2) is 214 Å². The van der Waals surface area contributed by atoms with Crippen LogP contribution in [-0.2, 0) is 13.5 Å². The Kier molecular flexibility index (Phi) is 82.5. The lowest BCUT2D eigenvalue weighted by Gasteiger charge is -1.97. The highest BCUT2D eigenvalue weighted by Gasteiger charge is 2.06. The lowest BCUT2D eigenvalue weighted by molar-refractivity contribution is -0.726. The van der Waals surface area contributed by atoms with Crippen molar-refractivity contribution in [3.8, 4) is 0 Å². The van der Waals surface area contributed by atoms with Crippen LogP contribution in [0.3, 0.4) is 0 Å². The number of aryl methyl sites for hydroxylation is 2. The maximum Gasteiger partial charge on any atom is 0.674 e. The Labute approximate surface area is 384 Å². The van der Waals surface area contributed by atoms with Crippen LogP contribution in [0.4, 0.5) is 51.8 Å². The van der Waals surface area contributed by atoms with Crippen molar-refractivity contribution in [1.29, 1.82) is 0 Å². The van der Waals surface area contributed by atoms with Gasteiger partial charge in [0.25, 0.3) is 0 Å². The first-order valence-electron chi connectivity index (χ1n) is 16.1. The van der Waals surface area contributed by atoms with Crippen molar-refractivity contribution in [3.63, 3.8) is 0 Å². The fourth-order valence-corrected chi connectivity index (χ4v) is 2.60. The number of benzene rings is 2. The van der Waals surface area contributed by atoms with Crippen LogP contribution in [0.1, 0.15) is 12.5 Å². The molecule has 2 heterocycles. The van der Waals surface area contributed by atoms with E-state index < -0.39 is 88.7 Å². The Morgan fingerprint density at radius 3 is 0.870 bits per heavy atom. The summed E-state index contributed by atoms with van der Waals surface area (Å²) in [5, 5.41) is 174. The highest BCUT2D eigenvalue weighted by Crippen LogP contribution is 2.27. The molecule has 0 aliphatic carbocycles. The first kappa shape index (κ1) is 88.4. The summed E-state index contributed by atoms with van der Waals surface area (Å²) in [6, 6.07) is 16.9. The van der Waals surface area contributed by atoms with E-state index in [2.05, 4.69) is 59.5 Å². The van der Waals surface area contributed by atoms with Crippen molar-refractivity contribution >= 4 is 111 Å². The zero-order chi connectivity index (χ0) is 57.6. The molecule has 0 aliphatic heterocycles. The lowest BCUT2D eigenvalue weighted by atomic mass is 10.1. The molecular weight excluding hydrogens is 1000 g/mol. The van der Waals surface area contributed by atoms with Gasteiger partial charge in [-0.25, -0.2) is 0 Å². The van der Waals surface area contributed by atoms with Crippen LogP contribution >= 0.6 is 0 Å². The molecule has 0 saturated heterocycles. The van der Waals surface area contributed by atoms with Gasteiger partial charge in [0.15, 0.2) is 13.2 Å². The molecular formula is C18H43B12F12N3O24. The summed E-state index contributed by atoms with van der Waals surface area (Å²) < 4.78 is 123. The number of halogens is 12. The molecule has 0 aliphatic rings. The predicted molar refractivity (Wildman–Crippen MR) is 221 cm³/mol. The third kappa shape index (κ3) is 170. The number of fused-ring (bicyclic) bond motifs is 3. The second kappa shape index (κ2) is 64.4.